The van der Waals surface area contributed by atoms with Crippen LogP contribution in [-0.4, -0.2) is 0 Å². The van der Waals surface area contributed by atoms with Gasteiger partial charge in [0.2, 0.25) is 0 Å². The molecule has 4 heteroatoms. The summed E-state index contributed by atoms with van der Waals surface area (Å²) in [6, 6.07) is 15.1. The Morgan fingerprint density at radius 2 is 1.58 bits per heavy atom. The highest BCUT2D eigenvalue weighted by Gasteiger charge is 2.30. The monoisotopic (exact) mass is 338 g/mol. The Kier molecular flexibility index (Phi) is 4.31. The lowest BCUT2D eigenvalue weighted by molar-refractivity contribution is 0.397. The molecule has 0 amide bonds. The average molecular weight is 340 g/mol. The van der Waals surface area contributed by atoms with Crippen molar-refractivity contribution in [2.24, 2.45) is 11.5 Å². The molecule has 0 saturated carbocycles. The van der Waals surface area contributed by atoms with Crippen LogP contribution in [0.1, 0.15) is 24.1 Å². The molecule has 0 fully saturated rings. The van der Waals surface area contributed by atoms with E-state index < -0.39 is 5.54 Å². The Hall–Kier alpha value is -0.870. The molecule has 2 aromatic carbocycles. The topological polar surface area (TPSA) is 52.0 Å². The molecule has 2 atom stereocenters. The van der Waals surface area contributed by atoms with Crippen molar-refractivity contribution in [3.05, 3.63) is 69.2 Å². The first-order valence-electron chi connectivity index (χ1n) is 5.97. The first-order valence-corrected chi connectivity index (χ1v) is 7.14. The lowest BCUT2D eigenvalue weighted by Crippen LogP contribution is -2.44. The molecule has 0 aliphatic heterocycles. The fourth-order valence-corrected chi connectivity index (χ4v) is 2.40. The van der Waals surface area contributed by atoms with Crippen molar-refractivity contribution in [1.82, 2.24) is 0 Å². The molecule has 19 heavy (non-hydrogen) atoms. The SMILES string of the molecule is C[C@](N)(c1ccc(Cl)cc1)[C@H](N)c1ccc(Br)cc1. The van der Waals surface area contributed by atoms with Gasteiger partial charge in [0, 0.05) is 9.50 Å². The molecule has 0 aliphatic rings. The molecule has 0 aliphatic carbocycles. The number of benzene rings is 2. The Bertz CT molecular complexity index is 549. The third-order valence-electron chi connectivity index (χ3n) is 3.34. The number of hydrogen-bond acceptors (Lipinski definition) is 2. The highest BCUT2D eigenvalue weighted by Crippen LogP contribution is 2.31. The molecular formula is C15H16BrClN2. The Balaban J connectivity index is 2.32. The van der Waals surface area contributed by atoms with Crippen molar-refractivity contribution in [2.45, 2.75) is 18.5 Å². The van der Waals surface area contributed by atoms with Gasteiger partial charge in [0.15, 0.2) is 0 Å². The summed E-state index contributed by atoms with van der Waals surface area (Å²) in [5, 5.41) is 0.691. The van der Waals surface area contributed by atoms with Crippen LogP contribution in [0.4, 0.5) is 0 Å². The summed E-state index contributed by atoms with van der Waals surface area (Å²) in [4.78, 5) is 0. The Labute approximate surface area is 126 Å². The highest BCUT2D eigenvalue weighted by molar-refractivity contribution is 9.10. The predicted molar refractivity (Wildman–Crippen MR) is 84.1 cm³/mol. The van der Waals surface area contributed by atoms with E-state index in [1.165, 1.54) is 0 Å². The van der Waals surface area contributed by atoms with Gasteiger partial charge in [0.25, 0.3) is 0 Å². The molecule has 2 rings (SSSR count). The third-order valence-corrected chi connectivity index (χ3v) is 4.12. The van der Waals surface area contributed by atoms with Crippen LogP contribution >= 0.6 is 27.5 Å². The summed E-state index contributed by atoms with van der Waals surface area (Å²) in [7, 11) is 0. The number of rotatable bonds is 3. The van der Waals surface area contributed by atoms with Crippen LogP contribution < -0.4 is 11.5 Å². The molecule has 0 aromatic heterocycles. The second kappa shape index (κ2) is 5.63. The quantitative estimate of drug-likeness (QED) is 0.889. The predicted octanol–water partition coefficient (Wildman–Crippen LogP) is 3.98. The summed E-state index contributed by atoms with van der Waals surface area (Å²) >= 11 is 9.31. The van der Waals surface area contributed by atoms with Crippen LogP contribution in [0, 0.1) is 0 Å². The molecule has 0 unspecified atom stereocenters. The molecule has 0 saturated heterocycles. The zero-order valence-electron chi connectivity index (χ0n) is 10.6. The molecule has 0 bridgehead atoms. The summed E-state index contributed by atoms with van der Waals surface area (Å²) in [5.74, 6) is 0. The van der Waals surface area contributed by atoms with Crippen LogP contribution in [0.5, 0.6) is 0 Å². The van der Waals surface area contributed by atoms with Gasteiger partial charge in [-0.1, -0.05) is 51.8 Å². The van der Waals surface area contributed by atoms with Crippen LogP contribution in [-0.2, 0) is 5.54 Å². The lowest BCUT2D eigenvalue weighted by atomic mass is 9.82. The first kappa shape index (κ1) is 14.5. The van der Waals surface area contributed by atoms with Gasteiger partial charge in [-0.15, -0.1) is 0 Å². The average Bonchev–Trinajstić information content (AvgIpc) is 2.39. The van der Waals surface area contributed by atoms with Crippen molar-refractivity contribution in [2.75, 3.05) is 0 Å². The highest BCUT2D eigenvalue weighted by atomic mass is 79.9. The standard InChI is InChI=1S/C15H16BrClN2/c1-15(19,11-4-8-13(17)9-5-11)14(18)10-2-6-12(16)7-3-10/h2-9,14H,18-19H2,1H3/t14-,15+/m1/s1. The van der Waals surface area contributed by atoms with E-state index in [0.29, 0.717) is 5.02 Å². The van der Waals surface area contributed by atoms with Gasteiger partial charge in [-0.25, -0.2) is 0 Å². The zero-order chi connectivity index (χ0) is 14.0. The second-order valence-corrected chi connectivity index (χ2v) is 6.17. The molecule has 100 valence electrons. The van der Waals surface area contributed by atoms with Crippen molar-refractivity contribution in [1.29, 1.82) is 0 Å². The van der Waals surface area contributed by atoms with E-state index in [1.807, 2.05) is 55.5 Å². The molecule has 2 aromatic rings. The minimum Gasteiger partial charge on any atom is -0.322 e. The summed E-state index contributed by atoms with van der Waals surface area (Å²) in [5.41, 5.74) is 14.1. The maximum Gasteiger partial charge on any atom is 0.0576 e. The van der Waals surface area contributed by atoms with Crippen LogP contribution in [0.25, 0.3) is 0 Å². The normalized spacial score (nSPS) is 15.8. The van der Waals surface area contributed by atoms with Crippen LogP contribution in [0.15, 0.2) is 53.0 Å². The fraction of sp³-hybridized carbons (Fsp3) is 0.200. The van der Waals surface area contributed by atoms with Gasteiger partial charge in [-0.2, -0.15) is 0 Å². The van der Waals surface area contributed by atoms with Crippen molar-refractivity contribution >= 4 is 27.5 Å². The maximum atomic E-state index is 6.42. The van der Waals surface area contributed by atoms with Gasteiger partial charge in [-0.3, -0.25) is 0 Å². The number of halogens is 2. The first-order chi connectivity index (χ1) is 8.91. The van der Waals surface area contributed by atoms with Crippen LogP contribution in [0.3, 0.4) is 0 Å². The van der Waals surface area contributed by atoms with Gasteiger partial charge in [0.05, 0.1) is 11.6 Å². The molecule has 0 heterocycles. The van der Waals surface area contributed by atoms with E-state index in [4.69, 9.17) is 23.1 Å². The Morgan fingerprint density at radius 3 is 2.11 bits per heavy atom. The van der Waals surface area contributed by atoms with Crippen molar-refractivity contribution < 1.29 is 0 Å². The summed E-state index contributed by atoms with van der Waals surface area (Å²) < 4.78 is 1.02. The van der Waals surface area contributed by atoms with Gasteiger partial charge < -0.3 is 11.5 Å². The van der Waals surface area contributed by atoms with E-state index in [2.05, 4.69) is 15.9 Å². The zero-order valence-corrected chi connectivity index (χ0v) is 12.9. The summed E-state index contributed by atoms with van der Waals surface area (Å²) in [6.45, 7) is 1.93. The van der Waals surface area contributed by atoms with E-state index in [0.717, 1.165) is 15.6 Å². The molecule has 0 spiro atoms. The van der Waals surface area contributed by atoms with Gasteiger partial charge in [-0.05, 0) is 42.3 Å². The maximum absolute atomic E-state index is 6.42. The largest absolute Gasteiger partial charge is 0.322 e. The lowest BCUT2D eigenvalue weighted by Gasteiger charge is -2.32. The Morgan fingerprint density at radius 1 is 1.05 bits per heavy atom. The van der Waals surface area contributed by atoms with Gasteiger partial charge in [0.1, 0.15) is 0 Å². The minimum atomic E-state index is -0.654. The van der Waals surface area contributed by atoms with Crippen LogP contribution in [0.2, 0.25) is 5.02 Å². The van der Waals surface area contributed by atoms with Crippen molar-refractivity contribution in [3.8, 4) is 0 Å². The van der Waals surface area contributed by atoms with E-state index in [-0.39, 0.29) is 6.04 Å². The van der Waals surface area contributed by atoms with E-state index in [9.17, 15) is 0 Å². The van der Waals surface area contributed by atoms with Gasteiger partial charge >= 0.3 is 0 Å². The van der Waals surface area contributed by atoms with E-state index >= 15 is 0 Å². The smallest absolute Gasteiger partial charge is 0.0576 e. The second-order valence-electron chi connectivity index (χ2n) is 4.82. The fourth-order valence-electron chi connectivity index (χ4n) is 2.00. The summed E-state index contributed by atoms with van der Waals surface area (Å²) in [6.07, 6.45) is 0. The number of nitrogens with two attached hydrogens (primary N) is 2. The van der Waals surface area contributed by atoms with E-state index in [1.54, 1.807) is 0 Å². The molecule has 2 nitrogen and oxygen atoms in total. The molecular weight excluding hydrogens is 324 g/mol. The number of hydrogen-bond donors (Lipinski definition) is 2. The van der Waals surface area contributed by atoms with Crippen molar-refractivity contribution in [3.63, 3.8) is 0 Å². The molecule has 0 radical (unpaired) electrons. The third kappa shape index (κ3) is 3.18. The molecule has 4 N–H and O–H groups in total. The minimum absolute atomic E-state index is 0.290.